The molecule has 1 atom stereocenters. The van der Waals surface area contributed by atoms with Crippen molar-refractivity contribution in [3.63, 3.8) is 0 Å². The van der Waals surface area contributed by atoms with E-state index in [9.17, 15) is 0 Å². The molecule has 81 valence electrons. The van der Waals surface area contributed by atoms with Crippen molar-refractivity contribution < 1.29 is 9.39 Å². The van der Waals surface area contributed by atoms with E-state index in [2.05, 4.69) is 26.3 Å². The Morgan fingerprint density at radius 3 is 2.43 bits per heavy atom. The van der Waals surface area contributed by atoms with Gasteiger partial charge >= 0.3 is 0 Å². The topological polar surface area (TPSA) is 18.5 Å². The van der Waals surface area contributed by atoms with Gasteiger partial charge in [0.05, 0.1) is 18.3 Å². The highest BCUT2D eigenvalue weighted by molar-refractivity contribution is 7.80. The van der Waals surface area contributed by atoms with Gasteiger partial charge in [-0.3, -0.25) is 0 Å². The van der Waals surface area contributed by atoms with E-state index >= 15 is 0 Å². The van der Waals surface area contributed by atoms with E-state index in [1.165, 1.54) is 0 Å². The lowest BCUT2D eigenvalue weighted by Gasteiger charge is -2.25. The van der Waals surface area contributed by atoms with Crippen molar-refractivity contribution in [3.8, 4) is 0 Å². The van der Waals surface area contributed by atoms with E-state index in [1.807, 2.05) is 28.1 Å². The maximum atomic E-state index is 5.65. The highest BCUT2D eigenvalue weighted by atomic mass is 32.1. The Morgan fingerprint density at radius 2 is 2.00 bits per heavy atom. The van der Waals surface area contributed by atoms with Crippen LogP contribution in [-0.4, -0.2) is 38.0 Å². The average Bonchev–Trinajstić information content (AvgIpc) is 2.11. The Kier molecular flexibility index (Phi) is 7.00. The Hall–Kier alpha value is 0.400. The summed E-state index contributed by atoms with van der Waals surface area (Å²) in [5.74, 6) is 0.716. The zero-order valence-corrected chi connectivity index (χ0v) is 10.8. The lowest BCUT2D eigenvalue weighted by Crippen LogP contribution is -2.32. The summed E-state index contributed by atoms with van der Waals surface area (Å²) in [4.78, 5) is 0. The van der Waals surface area contributed by atoms with Crippen molar-refractivity contribution in [3.05, 3.63) is 0 Å². The maximum Gasteiger partial charge on any atom is 0.250 e. The summed E-state index contributed by atoms with van der Waals surface area (Å²) in [5, 5.41) is 0. The highest BCUT2D eigenvalue weighted by Gasteiger charge is 2.17. The molecule has 0 aromatic carbocycles. The molecule has 1 radical (unpaired) electrons. The van der Waals surface area contributed by atoms with E-state index in [0.29, 0.717) is 19.0 Å². The van der Waals surface area contributed by atoms with Gasteiger partial charge in [0.25, 0.3) is 0 Å². The predicted octanol–water partition coefficient (Wildman–Crippen LogP) is 1.99. The number of ether oxygens (including phenoxy) is 1. The third-order valence-electron chi connectivity index (χ3n) is 1.67. The molecule has 1 unspecified atom stereocenters. The molecule has 14 heavy (non-hydrogen) atoms. The molecule has 0 heterocycles. The summed E-state index contributed by atoms with van der Waals surface area (Å²) in [7, 11) is 1.85. The van der Waals surface area contributed by atoms with Crippen LogP contribution in [-0.2, 0) is 9.39 Å². The molecule has 0 aliphatic heterocycles. The van der Waals surface area contributed by atoms with Crippen LogP contribution in [0.3, 0.4) is 0 Å². The third kappa shape index (κ3) is 7.77. The van der Waals surface area contributed by atoms with Gasteiger partial charge in [0.15, 0.2) is 0 Å². The van der Waals surface area contributed by atoms with Crippen molar-refractivity contribution in [1.82, 2.24) is 0 Å². The summed E-state index contributed by atoms with van der Waals surface area (Å²) >= 11 is 4.21. The van der Waals surface area contributed by atoms with Crippen molar-refractivity contribution in [2.24, 2.45) is 0 Å². The van der Waals surface area contributed by atoms with Crippen LogP contribution in [0.15, 0.2) is 0 Å². The van der Waals surface area contributed by atoms with Gasteiger partial charge in [-0.2, -0.15) is 12.6 Å². The first kappa shape index (κ1) is 14.4. The molecule has 0 bridgehead atoms. The summed E-state index contributed by atoms with van der Waals surface area (Å²) in [6, 6.07) is 0. The Morgan fingerprint density at radius 1 is 1.43 bits per heavy atom. The summed E-state index contributed by atoms with van der Waals surface area (Å²) in [6.07, 6.45) is 0.108. The number of rotatable bonds is 7. The minimum Gasteiger partial charge on any atom is -0.446 e. The van der Waals surface area contributed by atoms with E-state index in [0.717, 1.165) is 0 Å². The monoisotopic (exact) mass is 215 g/mol. The number of thiol groups is 1. The van der Waals surface area contributed by atoms with E-state index in [-0.39, 0.29) is 11.7 Å². The molecule has 2 nitrogen and oxygen atoms in total. The van der Waals surface area contributed by atoms with Gasteiger partial charge in [-0.15, -0.1) is 0 Å². The number of hydrogen-bond acceptors (Lipinski definition) is 3. The van der Waals surface area contributed by atoms with Gasteiger partial charge in [0.2, 0.25) is 7.37 Å². The van der Waals surface area contributed by atoms with Crippen LogP contribution in [0.1, 0.15) is 20.8 Å². The van der Waals surface area contributed by atoms with Crippen molar-refractivity contribution in [2.75, 3.05) is 12.4 Å². The largest absolute Gasteiger partial charge is 0.446 e. The fraction of sp³-hybridized carbons (Fsp3) is 1.00. The number of hydrogen-bond donors (Lipinski definition) is 1. The summed E-state index contributed by atoms with van der Waals surface area (Å²) in [5.41, 5.74) is -0.168. The van der Waals surface area contributed by atoms with Crippen LogP contribution in [0.2, 0.25) is 13.6 Å². The molecular weight excluding hydrogens is 194 g/mol. The molecule has 0 spiro atoms. The van der Waals surface area contributed by atoms with Crippen LogP contribution in [0, 0.1) is 0 Å². The zero-order chi connectivity index (χ0) is 11.2. The van der Waals surface area contributed by atoms with Gasteiger partial charge in [0.1, 0.15) is 6.60 Å². The first-order valence-electron chi connectivity index (χ1n) is 5.11. The molecule has 0 fully saturated rings. The Labute approximate surface area is 94.9 Å². The third-order valence-corrected chi connectivity index (χ3v) is 2.43. The van der Waals surface area contributed by atoms with Crippen LogP contribution in [0.25, 0.3) is 0 Å². The van der Waals surface area contributed by atoms with Crippen LogP contribution < -0.4 is 0 Å². The van der Waals surface area contributed by atoms with E-state index in [4.69, 9.17) is 9.39 Å². The molecular formula is C9H21B2O2S. The molecule has 0 amide bonds. The van der Waals surface area contributed by atoms with Crippen molar-refractivity contribution in [2.45, 2.75) is 46.1 Å². The predicted molar refractivity (Wildman–Crippen MR) is 67.7 cm³/mol. The average molecular weight is 215 g/mol. The van der Waals surface area contributed by atoms with Crippen LogP contribution >= 0.6 is 12.6 Å². The van der Waals surface area contributed by atoms with Gasteiger partial charge in [-0.05, 0) is 20.8 Å². The molecule has 0 aliphatic carbocycles. The molecule has 0 aromatic heterocycles. The molecule has 0 aliphatic rings. The second-order valence-corrected chi connectivity index (χ2v) is 4.87. The van der Waals surface area contributed by atoms with Crippen molar-refractivity contribution in [1.29, 1.82) is 0 Å². The van der Waals surface area contributed by atoms with E-state index in [1.54, 1.807) is 0 Å². The standard InChI is InChI=1S/C9H21B2O2S/c1-8(13-10-11(4)5)6-12-9(2,3)7-14/h8,14H,6-7H2,1-5H3. The fourth-order valence-electron chi connectivity index (χ4n) is 0.719. The lowest BCUT2D eigenvalue weighted by molar-refractivity contribution is -0.0333. The van der Waals surface area contributed by atoms with Gasteiger partial charge in [0, 0.05) is 5.75 Å². The molecule has 5 heteroatoms. The minimum absolute atomic E-state index is 0.108. The van der Waals surface area contributed by atoms with Gasteiger partial charge in [-0.1, -0.05) is 13.6 Å². The lowest BCUT2D eigenvalue weighted by atomic mass is 9.32. The van der Waals surface area contributed by atoms with Gasteiger partial charge < -0.3 is 9.39 Å². The summed E-state index contributed by atoms with van der Waals surface area (Å²) < 4.78 is 11.1. The Bertz CT molecular complexity index is 154. The van der Waals surface area contributed by atoms with Gasteiger partial charge in [-0.25, -0.2) is 0 Å². The molecule has 0 rings (SSSR count). The normalized spacial score (nSPS) is 13.9. The van der Waals surface area contributed by atoms with Crippen LogP contribution in [0.4, 0.5) is 0 Å². The quantitative estimate of drug-likeness (QED) is 0.517. The Balaban J connectivity index is 3.58. The fourth-order valence-corrected chi connectivity index (χ4v) is 0.810. The second kappa shape index (κ2) is 6.81. The van der Waals surface area contributed by atoms with Crippen molar-refractivity contribution >= 4 is 26.6 Å². The van der Waals surface area contributed by atoms with Crippen LogP contribution in [0.5, 0.6) is 0 Å². The summed E-state index contributed by atoms with van der Waals surface area (Å²) in [6.45, 7) is 11.3. The SMILES string of the molecule is CB(C)[B]OC(C)COC(C)(C)CS. The highest BCUT2D eigenvalue weighted by Crippen LogP contribution is 2.11. The minimum atomic E-state index is -0.168. The molecule has 0 saturated heterocycles. The smallest absolute Gasteiger partial charge is 0.250 e. The first-order chi connectivity index (χ1) is 6.37. The first-order valence-corrected chi connectivity index (χ1v) is 5.74. The maximum absolute atomic E-state index is 5.65. The molecule has 0 aromatic rings. The van der Waals surface area contributed by atoms with E-state index < -0.39 is 0 Å². The molecule has 0 N–H and O–H groups in total. The molecule has 0 saturated carbocycles. The second-order valence-electron chi connectivity index (χ2n) is 4.56. The zero-order valence-electron chi connectivity index (χ0n) is 9.91.